The topological polar surface area (TPSA) is 63.4 Å². The third kappa shape index (κ3) is 6.44. The Labute approximate surface area is 155 Å². The Kier molecular flexibility index (Phi) is 6.98. The van der Waals surface area contributed by atoms with E-state index >= 15 is 0 Å². The Bertz CT molecular complexity index is 749. The van der Waals surface area contributed by atoms with E-state index in [2.05, 4.69) is 0 Å². The number of nitrogens with zero attached hydrogens (tertiary/aromatic N) is 1. The number of alkyl halides is 3. The Morgan fingerprint density at radius 3 is 2.04 bits per heavy atom. The summed E-state index contributed by atoms with van der Waals surface area (Å²) in [5.41, 5.74) is 5.94. The molecule has 2 rings (SSSR count). The van der Waals surface area contributed by atoms with Gasteiger partial charge in [-0.2, -0.15) is 13.2 Å². The molecule has 7 heteroatoms. The van der Waals surface area contributed by atoms with Crippen molar-refractivity contribution in [1.29, 1.82) is 0 Å². The fourth-order valence-electron chi connectivity index (χ4n) is 2.75. The molecule has 0 radical (unpaired) electrons. The van der Waals surface area contributed by atoms with Gasteiger partial charge in [-0.25, -0.2) is 0 Å². The lowest BCUT2D eigenvalue weighted by molar-refractivity contribution is -0.161. The van der Waals surface area contributed by atoms with Crippen molar-refractivity contribution >= 4 is 11.8 Å². The van der Waals surface area contributed by atoms with Crippen LogP contribution in [0.25, 0.3) is 0 Å². The van der Waals surface area contributed by atoms with Crippen molar-refractivity contribution < 1.29 is 22.8 Å². The lowest BCUT2D eigenvalue weighted by Crippen LogP contribution is -2.36. The van der Waals surface area contributed by atoms with E-state index in [1.807, 2.05) is 0 Å². The maximum absolute atomic E-state index is 13.5. The summed E-state index contributed by atoms with van der Waals surface area (Å²) in [7, 11) is 0. The maximum Gasteiger partial charge on any atom is 0.396 e. The summed E-state index contributed by atoms with van der Waals surface area (Å²) < 4.78 is 40.6. The largest absolute Gasteiger partial charge is 0.396 e. The summed E-state index contributed by atoms with van der Waals surface area (Å²) in [5.74, 6) is -3.19. The first-order valence-corrected chi connectivity index (χ1v) is 8.49. The summed E-state index contributed by atoms with van der Waals surface area (Å²) in [6, 6.07) is 16.2. The molecular formula is C20H21F3N2O2. The monoisotopic (exact) mass is 378 g/mol. The normalized spacial score (nSPS) is 12.4. The minimum atomic E-state index is -4.56. The SMILES string of the molecule is NC(=O)CCN(Cc1ccccc1)C(=O)CC(c1ccccc1)C(F)(F)F. The van der Waals surface area contributed by atoms with E-state index in [4.69, 9.17) is 5.73 Å². The first-order chi connectivity index (χ1) is 12.8. The second-order valence-electron chi connectivity index (χ2n) is 6.23. The smallest absolute Gasteiger partial charge is 0.370 e. The van der Waals surface area contributed by atoms with Gasteiger partial charge in [-0.3, -0.25) is 9.59 Å². The molecule has 0 saturated carbocycles. The highest BCUT2D eigenvalue weighted by Crippen LogP contribution is 2.37. The second-order valence-corrected chi connectivity index (χ2v) is 6.23. The molecule has 0 aliphatic heterocycles. The molecule has 2 amide bonds. The molecule has 1 unspecified atom stereocenters. The highest BCUT2D eigenvalue weighted by atomic mass is 19.4. The van der Waals surface area contributed by atoms with Crippen molar-refractivity contribution in [1.82, 2.24) is 4.90 Å². The van der Waals surface area contributed by atoms with Gasteiger partial charge in [-0.1, -0.05) is 60.7 Å². The molecule has 0 aliphatic rings. The van der Waals surface area contributed by atoms with E-state index < -0.39 is 30.3 Å². The van der Waals surface area contributed by atoms with E-state index in [1.54, 1.807) is 36.4 Å². The van der Waals surface area contributed by atoms with Gasteiger partial charge in [0.1, 0.15) is 0 Å². The zero-order chi connectivity index (χ0) is 19.9. The minimum Gasteiger partial charge on any atom is -0.370 e. The van der Waals surface area contributed by atoms with Crippen LogP contribution in [0.15, 0.2) is 60.7 Å². The third-order valence-electron chi connectivity index (χ3n) is 4.17. The minimum absolute atomic E-state index is 0.0254. The van der Waals surface area contributed by atoms with Crippen molar-refractivity contribution in [3.8, 4) is 0 Å². The predicted octanol–water partition coefficient (Wildman–Crippen LogP) is 3.63. The third-order valence-corrected chi connectivity index (χ3v) is 4.17. The van der Waals surface area contributed by atoms with Crippen LogP contribution < -0.4 is 5.73 Å². The fraction of sp³-hybridized carbons (Fsp3) is 0.300. The van der Waals surface area contributed by atoms with Crippen LogP contribution in [0, 0.1) is 0 Å². The summed E-state index contributed by atoms with van der Waals surface area (Å²) in [6.07, 6.45) is -5.39. The average Bonchev–Trinajstić information content (AvgIpc) is 2.63. The number of halogens is 3. The van der Waals surface area contributed by atoms with Gasteiger partial charge >= 0.3 is 6.18 Å². The Morgan fingerprint density at radius 2 is 1.52 bits per heavy atom. The van der Waals surface area contributed by atoms with Crippen molar-refractivity contribution in [2.75, 3.05) is 6.54 Å². The van der Waals surface area contributed by atoms with Gasteiger partial charge in [0.2, 0.25) is 11.8 Å². The lowest BCUT2D eigenvalue weighted by atomic mass is 9.94. The number of carbonyl (C=O) groups excluding carboxylic acids is 2. The standard InChI is InChI=1S/C20H21F3N2O2/c21-20(22,23)17(16-9-5-2-6-10-16)13-19(27)25(12-11-18(24)26)14-15-7-3-1-4-8-15/h1-10,17H,11-14H2,(H2,24,26). The Balaban J connectivity index is 2.20. The number of carbonyl (C=O) groups is 2. The number of nitrogens with two attached hydrogens (primary N) is 1. The van der Waals surface area contributed by atoms with E-state index in [1.165, 1.54) is 29.2 Å². The van der Waals surface area contributed by atoms with Crippen molar-refractivity contribution in [3.63, 3.8) is 0 Å². The lowest BCUT2D eigenvalue weighted by Gasteiger charge is -2.26. The molecule has 144 valence electrons. The van der Waals surface area contributed by atoms with Crippen molar-refractivity contribution in [3.05, 3.63) is 71.8 Å². The molecule has 4 nitrogen and oxygen atoms in total. The molecule has 2 aromatic rings. The summed E-state index contributed by atoms with van der Waals surface area (Å²) in [6.45, 7) is 0.0920. The first kappa shape index (κ1) is 20.5. The molecule has 27 heavy (non-hydrogen) atoms. The molecule has 0 aromatic heterocycles. The van der Waals surface area contributed by atoms with Gasteiger partial charge in [0.25, 0.3) is 0 Å². The highest BCUT2D eigenvalue weighted by Gasteiger charge is 2.42. The van der Waals surface area contributed by atoms with Crippen LogP contribution in [0.1, 0.15) is 29.9 Å². The van der Waals surface area contributed by atoms with Gasteiger partial charge in [0.05, 0.1) is 5.92 Å². The maximum atomic E-state index is 13.5. The van der Waals surface area contributed by atoms with E-state index in [0.717, 1.165) is 5.56 Å². The zero-order valence-corrected chi connectivity index (χ0v) is 14.7. The fourth-order valence-corrected chi connectivity index (χ4v) is 2.75. The number of hydrogen-bond donors (Lipinski definition) is 1. The number of amides is 2. The van der Waals surface area contributed by atoms with Gasteiger partial charge in [0, 0.05) is 25.9 Å². The molecule has 2 N–H and O–H groups in total. The number of rotatable bonds is 8. The summed E-state index contributed by atoms with van der Waals surface area (Å²) in [4.78, 5) is 25.0. The number of benzene rings is 2. The zero-order valence-electron chi connectivity index (χ0n) is 14.7. The number of hydrogen-bond acceptors (Lipinski definition) is 2. The molecule has 0 heterocycles. The quantitative estimate of drug-likeness (QED) is 0.762. The van der Waals surface area contributed by atoms with Crippen LogP contribution in [-0.2, 0) is 16.1 Å². The van der Waals surface area contributed by atoms with Gasteiger partial charge in [-0.15, -0.1) is 0 Å². The van der Waals surface area contributed by atoms with Crippen LogP contribution in [-0.4, -0.2) is 29.4 Å². The van der Waals surface area contributed by atoms with Gasteiger partial charge < -0.3 is 10.6 Å². The van der Waals surface area contributed by atoms with Crippen molar-refractivity contribution in [2.45, 2.75) is 31.5 Å². The summed E-state index contributed by atoms with van der Waals surface area (Å²) >= 11 is 0. The molecule has 0 saturated heterocycles. The Hall–Kier alpha value is -2.83. The molecule has 0 bridgehead atoms. The van der Waals surface area contributed by atoms with Crippen LogP contribution >= 0.6 is 0 Å². The molecule has 0 aliphatic carbocycles. The molecule has 0 fully saturated rings. The van der Waals surface area contributed by atoms with E-state index in [9.17, 15) is 22.8 Å². The summed E-state index contributed by atoms with van der Waals surface area (Å²) in [5, 5.41) is 0. The predicted molar refractivity (Wildman–Crippen MR) is 95.5 cm³/mol. The van der Waals surface area contributed by atoms with Gasteiger partial charge in [-0.05, 0) is 11.1 Å². The van der Waals surface area contributed by atoms with Crippen LogP contribution in [0.5, 0.6) is 0 Å². The first-order valence-electron chi connectivity index (χ1n) is 8.49. The molecule has 0 spiro atoms. The van der Waals surface area contributed by atoms with Crippen molar-refractivity contribution in [2.24, 2.45) is 5.73 Å². The van der Waals surface area contributed by atoms with Crippen LogP contribution in [0.4, 0.5) is 13.2 Å². The average molecular weight is 378 g/mol. The van der Waals surface area contributed by atoms with Gasteiger partial charge in [0.15, 0.2) is 0 Å². The molecule has 1 atom stereocenters. The highest BCUT2D eigenvalue weighted by molar-refractivity contribution is 5.79. The second kappa shape index (κ2) is 9.21. The van der Waals surface area contributed by atoms with E-state index in [-0.39, 0.29) is 25.1 Å². The molecule has 2 aromatic carbocycles. The van der Waals surface area contributed by atoms with Crippen LogP contribution in [0.2, 0.25) is 0 Å². The van der Waals surface area contributed by atoms with E-state index in [0.29, 0.717) is 0 Å². The number of primary amides is 1. The van der Waals surface area contributed by atoms with Crippen LogP contribution in [0.3, 0.4) is 0 Å². The Morgan fingerprint density at radius 1 is 0.963 bits per heavy atom. The molecular weight excluding hydrogens is 357 g/mol.